The molecule has 6 heteroatoms. The summed E-state index contributed by atoms with van der Waals surface area (Å²) in [4.78, 5) is 25.8. The number of amides is 1. The molecule has 0 saturated carbocycles. The zero-order valence-corrected chi connectivity index (χ0v) is 13.1. The van der Waals surface area contributed by atoms with E-state index < -0.39 is 6.04 Å². The number of fused-ring (bicyclic) bond motifs is 1. The van der Waals surface area contributed by atoms with Crippen molar-refractivity contribution in [1.82, 2.24) is 4.90 Å². The SMILES string of the molecule is COC(=O)C1CCCN1C(=O)c1cc2c(Br)cccc2o1. The van der Waals surface area contributed by atoms with Crippen molar-refractivity contribution in [3.8, 4) is 0 Å². The lowest BCUT2D eigenvalue weighted by atomic mass is 10.2. The largest absolute Gasteiger partial charge is 0.467 e. The summed E-state index contributed by atoms with van der Waals surface area (Å²) in [6.07, 6.45) is 1.41. The fourth-order valence-corrected chi connectivity index (χ4v) is 3.13. The summed E-state index contributed by atoms with van der Waals surface area (Å²) in [5.41, 5.74) is 0.640. The van der Waals surface area contributed by atoms with Gasteiger partial charge in [-0.2, -0.15) is 0 Å². The van der Waals surface area contributed by atoms with Crippen LogP contribution in [0.3, 0.4) is 0 Å². The summed E-state index contributed by atoms with van der Waals surface area (Å²) in [5.74, 6) is -0.406. The summed E-state index contributed by atoms with van der Waals surface area (Å²) in [7, 11) is 1.33. The van der Waals surface area contributed by atoms with Crippen LogP contribution in [0, 0.1) is 0 Å². The minimum absolute atomic E-state index is 0.243. The molecule has 3 rings (SSSR count). The predicted molar refractivity (Wildman–Crippen MR) is 80.0 cm³/mol. The highest BCUT2D eigenvalue weighted by Gasteiger charge is 2.36. The number of halogens is 1. The second-order valence-electron chi connectivity index (χ2n) is 4.94. The van der Waals surface area contributed by atoms with E-state index in [4.69, 9.17) is 9.15 Å². The molecule has 1 fully saturated rings. The first-order chi connectivity index (χ1) is 10.1. The van der Waals surface area contributed by atoms with Crippen molar-refractivity contribution in [3.05, 3.63) is 34.5 Å². The molecular weight excluding hydrogens is 338 g/mol. The Morgan fingerprint density at radius 2 is 2.24 bits per heavy atom. The highest BCUT2D eigenvalue weighted by Crippen LogP contribution is 2.29. The third-order valence-electron chi connectivity index (χ3n) is 3.71. The van der Waals surface area contributed by atoms with Crippen molar-refractivity contribution in [2.45, 2.75) is 18.9 Å². The van der Waals surface area contributed by atoms with Crippen molar-refractivity contribution in [2.75, 3.05) is 13.7 Å². The molecular formula is C15H14BrNO4. The van der Waals surface area contributed by atoms with Gasteiger partial charge in [0.15, 0.2) is 5.76 Å². The van der Waals surface area contributed by atoms with Crippen LogP contribution in [0.2, 0.25) is 0 Å². The Morgan fingerprint density at radius 1 is 1.43 bits per heavy atom. The zero-order chi connectivity index (χ0) is 15.0. The van der Waals surface area contributed by atoms with Crippen LogP contribution in [-0.2, 0) is 9.53 Å². The van der Waals surface area contributed by atoms with Crippen molar-refractivity contribution in [1.29, 1.82) is 0 Å². The first kappa shape index (κ1) is 14.1. The standard InChI is InChI=1S/C15H14BrNO4/c1-20-15(19)11-5-3-7-17(11)14(18)13-8-9-10(16)4-2-6-12(9)21-13/h2,4,6,8,11H,3,5,7H2,1H3. The van der Waals surface area contributed by atoms with E-state index >= 15 is 0 Å². The van der Waals surface area contributed by atoms with Gasteiger partial charge in [0, 0.05) is 16.4 Å². The number of hydrogen-bond acceptors (Lipinski definition) is 4. The van der Waals surface area contributed by atoms with E-state index in [1.54, 1.807) is 12.1 Å². The molecule has 2 heterocycles. The summed E-state index contributed by atoms with van der Waals surface area (Å²) in [5, 5.41) is 0.842. The normalized spacial score (nSPS) is 18.2. The molecule has 1 aromatic carbocycles. The predicted octanol–water partition coefficient (Wildman–Crippen LogP) is 2.97. The fourth-order valence-electron chi connectivity index (χ4n) is 2.66. The van der Waals surface area contributed by atoms with Crippen molar-refractivity contribution >= 4 is 38.8 Å². The molecule has 1 amide bonds. The minimum Gasteiger partial charge on any atom is -0.467 e. The van der Waals surface area contributed by atoms with Crippen LogP contribution >= 0.6 is 15.9 Å². The molecule has 1 aromatic heterocycles. The summed E-state index contributed by atoms with van der Waals surface area (Å²) < 4.78 is 11.2. The van der Waals surface area contributed by atoms with Crippen LogP contribution in [-0.4, -0.2) is 36.5 Å². The average molecular weight is 352 g/mol. The molecule has 1 atom stereocenters. The lowest BCUT2D eigenvalue weighted by Crippen LogP contribution is -2.40. The minimum atomic E-state index is -0.515. The van der Waals surface area contributed by atoms with E-state index in [0.29, 0.717) is 18.5 Å². The van der Waals surface area contributed by atoms with Crippen molar-refractivity contribution in [3.63, 3.8) is 0 Å². The number of methoxy groups -OCH3 is 1. The lowest BCUT2D eigenvalue weighted by molar-refractivity contribution is -0.145. The summed E-state index contributed by atoms with van der Waals surface area (Å²) >= 11 is 3.43. The number of carbonyl (C=O) groups excluding carboxylic acids is 2. The van der Waals surface area contributed by atoms with Crippen LogP contribution in [0.15, 0.2) is 33.2 Å². The van der Waals surface area contributed by atoms with Crippen LogP contribution in [0.4, 0.5) is 0 Å². The van der Waals surface area contributed by atoms with Gasteiger partial charge in [0.25, 0.3) is 5.91 Å². The number of hydrogen-bond donors (Lipinski definition) is 0. The highest BCUT2D eigenvalue weighted by atomic mass is 79.9. The number of benzene rings is 1. The Bertz CT molecular complexity index is 709. The molecule has 5 nitrogen and oxygen atoms in total. The van der Waals surface area contributed by atoms with E-state index in [0.717, 1.165) is 16.3 Å². The van der Waals surface area contributed by atoms with Crippen LogP contribution < -0.4 is 0 Å². The first-order valence-electron chi connectivity index (χ1n) is 6.68. The van der Waals surface area contributed by atoms with E-state index in [1.165, 1.54) is 12.0 Å². The topological polar surface area (TPSA) is 59.8 Å². The van der Waals surface area contributed by atoms with Crippen molar-refractivity contribution in [2.24, 2.45) is 0 Å². The molecule has 0 bridgehead atoms. The maximum absolute atomic E-state index is 12.6. The molecule has 2 aromatic rings. The van der Waals surface area contributed by atoms with Gasteiger partial charge in [0.05, 0.1) is 7.11 Å². The Kier molecular flexibility index (Phi) is 3.71. The van der Waals surface area contributed by atoms with E-state index in [2.05, 4.69) is 15.9 Å². The van der Waals surface area contributed by atoms with Crippen LogP contribution in [0.25, 0.3) is 11.0 Å². The maximum atomic E-state index is 12.6. The molecule has 0 spiro atoms. The average Bonchev–Trinajstić information content (AvgIpc) is 3.13. The first-order valence-corrected chi connectivity index (χ1v) is 7.48. The third-order valence-corrected chi connectivity index (χ3v) is 4.40. The highest BCUT2D eigenvalue weighted by molar-refractivity contribution is 9.10. The molecule has 21 heavy (non-hydrogen) atoms. The molecule has 0 radical (unpaired) electrons. The lowest BCUT2D eigenvalue weighted by Gasteiger charge is -2.21. The molecule has 1 aliphatic rings. The van der Waals surface area contributed by atoms with Gasteiger partial charge >= 0.3 is 5.97 Å². The second kappa shape index (κ2) is 5.52. The van der Waals surface area contributed by atoms with Gasteiger partial charge in [-0.25, -0.2) is 4.79 Å². The fraction of sp³-hybridized carbons (Fsp3) is 0.333. The van der Waals surface area contributed by atoms with Gasteiger partial charge in [-0.15, -0.1) is 0 Å². The van der Waals surface area contributed by atoms with Gasteiger partial charge in [0.2, 0.25) is 0 Å². The van der Waals surface area contributed by atoms with Gasteiger partial charge in [-0.05, 0) is 31.0 Å². The maximum Gasteiger partial charge on any atom is 0.328 e. The van der Waals surface area contributed by atoms with Crippen molar-refractivity contribution < 1.29 is 18.7 Å². The number of ether oxygens (including phenoxy) is 1. The molecule has 1 unspecified atom stereocenters. The van der Waals surface area contributed by atoms with E-state index in [-0.39, 0.29) is 17.6 Å². The van der Waals surface area contributed by atoms with Crippen LogP contribution in [0.1, 0.15) is 23.4 Å². The number of carbonyl (C=O) groups is 2. The molecule has 1 aliphatic heterocycles. The summed E-state index contributed by atoms with van der Waals surface area (Å²) in [6.45, 7) is 0.539. The molecule has 1 saturated heterocycles. The summed E-state index contributed by atoms with van der Waals surface area (Å²) in [6, 6.07) is 6.72. The van der Waals surface area contributed by atoms with Gasteiger partial charge < -0.3 is 14.1 Å². The van der Waals surface area contributed by atoms with Crippen LogP contribution in [0.5, 0.6) is 0 Å². The Hall–Kier alpha value is -1.82. The number of nitrogens with zero attached hydrogens (tertiary/aromatic N) is 1. The van der Waals surface area contributed by atoms with Gasteiger partial charge in [-0.1, -0.05) is 22.0 Å². The quantitative estimate of drug-likeness (QED) is 0.780. The monoisotopic (exact) mass is 351 g/mol. The Balaban J connectivity index is 1.93. The third kappa shape index (κ3) is 2.44. The zero-order valence-electron chi connectivity index (χ0n) is 11.5. The molecule has 0 N–H and O–H groups in total. The van der Waals surface area contributed by atoms with Gasteiger partial charge in [0.1, 0.15) is 11.6 Å². The smallest absolute Gasteiger partial charge is 0.328 e. The van der Waals surface area contributed by atoms with E-state index in [1.807, 2.05) is 12.1 Å². The molecule has 0 aliphatic carbocycles. The Morgan fingerprint density at radius 3 is 2.95 bits per heavy atom. The number of esters is 1. The van der Waals surface area contributed by atoms with Gasteiger partial charge in [-0.3, -0.25) is 4.79 Å². The number of furan rings is 1. The second-order valence-corrected chi connectivity index (χ2v) is 5.80. The Labute approximate surface area is 130 Å². The van der Waals surface area contributed by atoms with E-state index in [9.17, 15) is 9.59 Å². The number of rotatable bonds is 2. The number of likely N-dealkylation sites (tertiary alicyclic amines) is 1. The molecule has 110 valence electrons.